The molecule has 4 unspecified atom stereocenters. The fourth-order valence-corrected chi connectivity index (χ4v) is 7.28. The highest BCUT2D eigenvalue weighted by Crippen LogP contribution is 2.43. The normalized spacial score (nSPS) is 30.4. The first kappa shape index (κ1) is 20.9. The third-order valence-corrected chi connectivity index (χ3v) is 9.20. The zero-order chi connectivity index (χ0) is 23.6. The lowest BCUT2D eigenvalue weighted by atomic mass is 9.99. The van der Waals surface area contributed by atoms with E-state index in [9.17, 15) is 0 Å². The molecule has 2 saturated carbocycles. The van der Waals surface area contributed by atoms with Gasteiger partial charge in [-0.1, -0.05) is 48.5 Å². The van der Waals surface area contributed by atoms with Crippen molar-refractivity contribution in [2.24, 2.45) is 11.8 Å². The first-order valence-corrected chi connectivity index (χ1v) is 13.6. The Bertz CT molecular complexity index is 1280. The molecule has 2 aliphatic heterocycles. The Morgan fingerprint density at radius 3 is 1.31 bits per heavy atom. The minimum absolute atomic E-state index is 0.394. The van der Waals surface area contributed by atoms with Crippen LogP contribution in [0.5, 0.6) is 0 Å². The summed E-state index contributed by atoms with van der Waals surface area (Å²) in [6.45, 7) is 0. The van der Waals surface area contributed by atoms with Crippen molar-refractivity contribution in [3.63, 3.8) is 0 Å². The molecule has 4 heterocycles. The lowest BCUT2D eigenvalue weighted by molar-refractivity contribution is 0.379. The van der Waals surface area contributed by atoms with Gasteiger partial charge >= 0.3 is 0 Å². The molecular weight excluding hydrogens is 444 g/mol. The summed E-state index contributed by atoms with van der Waals surface area (Å²) in [4.78, 5) is 16.8. The molecule has 0 amide bonds. The van der Waals surface area contributed by atoms with E-state index in [4.69, 9.17) is 9.97 Å². The molecule has 182 valence electrons. The van der Waals surface area contributed by atoms with Gasteiger partial charge in [0.1, 0.15) is 11.6 Å². The predicted molar refractivity (Wildman–Crippen MR) is 141 cm³/mol. The number of hydrogen-bond donors (Lipinski definition) is 4. The van der Waals surface area contributed by atoms with Crippen LogP contribution < -0.4 is 10.6 Å². The second kappa shape index (κ2) is 8.15. The van der Waals surface area contributed by atoms with Crippen LogP contribution in [-0.4, -0.2) is 32.0 Å². The van der Waals surface area contributed by atoms with Crippen molar-refractivity contribution in [1.29, 1.82) is 0 Å². The third kappa shape index (κ3) is 3.46. The van der Waals surface area contributed by atoms with Gasteiger partial charge in [0, 0.05) is 35.6 Å². The van der Waals surface area contributed by atoms with Crippen molar-refractivity contribution in [1.82, 2.24) is 30.6 Å². The smallest absolute Gasteiger partial charge is 0.124 e. The summed E-state index contributed by atoms with van der Waals surface area (Å²) in [6, 6.07) is 19.7. The topological polar surface area (TPSA) is 81.4 Å². The highest BCUT2D eigenvalue weighted by Gasteiger charge is 2.42. The lowest BCUT2D eigenvalue weighted by Crippen LogP contribution is -2.29. The monoisotopic (exact) mass is 476 g/mol. The molecule has 2 aliphatic carbocycles. The largest absolute Gasteiger partial charge is 0.347 e. The van der Waals surface area contributed by atoms with Gasteiger partial charge in [0.15, 0.2) is 0 Å². The van der Waals surface area contributed by atoms with E-state index in [1.54, 1.807) is 0 Å². The molecule has 4 aliphatic rings. The predicted octanol–water partition coefficient (Wildman–Crippen LogP) is 5.76. The van der Waals surface area contributed by atoms with Crippen molar-refractivity contribution in [3.05, 3.63) is 72.6 Å². The summed E-state index contributed by atoms with van der Waals surface area (Å²) in [6.07, 6.45) is 12.0. The van der Waals surface area contributed by atoms with Crippen LogP contribution in [0.3, 0.4) is 0 Å². The SMILES string of the molecule is c1cc(-c2c[nH]c([C@H]3NC4CCC3C4)n2)ccc1-c1ccc(-c2c[nH]c([C@H]3NC4CCC3C4)n2)cc1. The number of piperidine rings is 2. The molecule has 4 bridgehead atoms. The molecule has 2 aromatic heterocycles. The Balaban J connectivity index is 0.972. The highest BCUT2D eigenvalue weighted by molar-refractivity contribution is 5.71. The lowest BCUT2D eigenvalue weighted by Gasteiger charge is -2.20. The number of benzene rings is 2. The molecule has 4 fully saturated rings. The fraction of sp³-hybridized carbons (Fsp3) is 0.400. The van der Waals surface area contributed by atoms with Crippen molar-refractivity contribution < 1.29 is 0 Å². The van der Waals surface area contributed by atoms with Crippen LogP contribution in [0.4, 0.5) is 0 Å². The van der Waals surface area contributed by atoms with Crippen molar-refractivity contribution in [2.75, 3.05) is 0 Å². The van der Waals surface area contributed by atoms with Gasteiger partial charge in [-0.15, -0.1) is 0 Å². The summed E-state index contributed by atoms with van der Waals surface area (Å²) in [5.41, 5.74) is 6.78. The Morgan fingerprint density at radius 1 is 0.528 bits per heavy atom. The van der Waals surface area contributed by atoms with Gasteiger partial charge in [-0.25, -0.2) is 9.97 Å². The molecule has 4 N–H and O–H groups in total. The van der Waals surface area contributed by atoms with Crippen LogP contribution in [0.1, 0.15) is 62.3 Å². The Labute approximate surface area is 211 Å². The zero-order valence-electron chi connectivity index (χ0n) is 20.4. The van der Waals surface area contributed by atoms with E-state index >= 15 is 0 Å². The molecule has 36 heavy (non-hydrogen) atoms. The maximum atomic E-state index is 4.94. The number of rotatable bonds is 5. The molecule has 0 radical (unpaired) electrons. The molecule has 0 spiro atoms. The van der Waals surface area contributed by atoms with E-state index in [0.717, 1.165) is 46.0 Å². The maximum Gasteiger partial charge on any atom is 0.124 e. The summed E-state index contributed by atoms with van der Waals surface area (Å²) >= 11 is 0. The second-order valence-electron chi connectivity index (χ2n) is 11.3. The van der Waals surface area contributed by atoms with E-state index in [-0.39, 0.29) is 0 Å². The van der Waals surface area contributed by atoms with Gasteiger partial charge < -0.3 is 20.6 Å². The van der Waals surface area contributed by atoms with Gasteiger partial charge in [-0.05, 0) is 61.5 Å². The minimum atomic E-state index is 0.394. The highest BCUT2D eigenvalue weighted by atomic mass is 15.1. The number of nitrogens with one attached hydrogen (secondary N) is 4. The van der Waals surface area contributed by atoms with E-state index in [0.29, 0.717) is 24.2 Å². The number of hydrogen-bond acceptors (Lipinski definition) is 4. The van der Waals surface area contributed by atoms with Crippen LogP contribution in [0, 0.1) is 11.8 Å². The number of fused-ring (bicyclic) bond motifs is 4. The van der Waals surface area contributed by atoms with E-state index in [2.05, 4.69) is 81.5 Å². The average Bonchev–Trinajstić information content (AvgIpc) is 3.76. The van der Waals surface area contributed by atoms with E-state index < -0.39 is 0 Å². The summed E-state index contributed by atoms with van der Waals surface area (Å²) in [5.74, 6) is 3.66. The molecule has 4 aromatic rings. The number of nitrogens with zero attached hydrogens (tertiary/aromatic N) is 2. The standard InChI is InChI=1S/C30H32N6/c1-5-19(25-15-31-29(35-25)27-21-9-11-23(13-21)33-27)6-2-17(1)18-3-7-20(8-4-18)26-16-32-30(36-26)28-22-10-12-24(14-22)34-28/h1-8,15-16,21-24,27-28,33-34H,9-14H2,(H,31,35)(H,32,36)/t21?,22?,23?,24?,27-,28-/m0/s1. The number of H-pyrrole nitrogens is 2. The zero-order valence-corrected chi connectivity index (χ0v) is 20.4. The van der Waals surface area contributed by atoms with Crippen LogP contribution in [0.25, 0.3) is 33.6 Å². The first-order valence-electron chi connectivity index (χ1n) is 13.6. The Hall–Kier alpha value is -3.22. The number of aromatic nitrogens is 4. The van der Waals surface area contributed by atoms with Crippen LogP contribution >= 0.6 is 0 Å². The fourth-order valence-electron chi connectivity index (χ4n) is 7.28. The van der Waals surface area contributed by atoms with Crippen LogP contribution in [-0.2, 0) is 0 Å². The second-order valence-corrected chi connectivity index (χ2v) is 11.3. The number of imidazole rings is 2. The molecule has 2 aromatic carbocycles. The molecule has 8 rings (SSSR count). The van der Waals surface area contributed by atoms with Gasteiger partial charge in [0.05, 0.1) is 23.5 Å². The third-order valence-electron chi connectivity index (χ3n) is 9.20. The Morgan fingerprint density at radius 2 is 0.944 bits per heavy atom. The van der Waals surface area contributed by atoms with Gasteiger partial charge in [0.2, 0.25) is 0 Å². The van der Waals surface area contributed by atoms with E-state index in [1.807, 2.05) is 0 Å². The summed E-state index contributed by atoms with van der Waals surface area (Å²) in [7, 11) is 0. The van der Waals surface area contributed by atoms with Gasteiger partial charge in [-0.3, -0.25) is 0 Å². The van der Waals surface area contributed by atoms with Crippen molar-refractivity contribution >= 4 is 0 Å². The van der Waals surface area contributed by atoms with Gasteiger partial charge in [0.25, 0.3) is 0 Å². The summed E-state index contributed by atoms with van der Waals surface area (Å²) in [5, 5.41) is 7.47. The maximum absolute atomic E-state index is 4.94. The van der Waals surface area contributed by atoms with Crippen LogP contribution in [0.2, 0.25) is 0 Å². The first-order chi connectivity index (χ1) is 17.8. The molecule has 2 saturated heterocycles. The molecule has 6 atom stereocenters. The average molecular weight is 477 g/mol. The summed E-state index contributed by atoms with van der Waals surface area (Å²) < 4.78 is 0. The van der Waals surface area contributed by atoms with Gasteiger partial charge in [-0.2, -0.15) is 0 Å². The van der Waals surface area contributed by atoms with Crippen molar-refractivity contribution in [3.8, 4) is 33.6 Å². The number of aromatic amines is 2. The van der Waals surface area contributed by atoms with Crippen LogP contribution in [0.15, 0.2) is 60.9 Å². The molecule has 6 nitrogen and oxygen atoms in total. The van der Waals surface area contributed by atoms with Crippen molar-refractivity contribution in [2.45, 2.75) is 62.7 Å². The molecule has 6 heteroatoms. The molecular formula is C30H32N6. The van der Waals surface area contributed by atoms with E-state index in [1.165, 1.54) is 49.7 Å². The minimum Gasteiger partial charge on any atom is -0.347 e. The quantitative estimate of drug-likeness (QED) is 0.295. The Kier molecular flexibility index (Phi) is 4.74.